The van der Waals surface area contributed by atoms with Gasteiger partial charge in [-0.25, -0.2) is 0 Å². The van der Waals surface area contributed by atoms with Crippen molar-refractivity contribution < 1.29 is 19.1 Å². The van der Waals surface area contributed by atoms with Gasteiger partial charge in [0.15, 0.2) is 0 Å². The van der Waals surface area contributed by atoms with Crippen molar-refractivity contribution in [2.75, 3.05) is 5.32 Å². The molecule has 1 unspecified atom stereocenters. The fourth-order valence-electron chi connectivity index (χ4n) is 2.76. The molecular formula is C22H26N2O4. The lowest BCUT2D eigenvalue weighted by atomic mass is 10.0. The molecule has 0 aliphatic heterocycles. The fourth-order valence-corrected chi connectivity index (χ4v) is 2.76. The minimum atomic E-state index is -0.460. The molecule has 6 nitrogen and oxygen atoms in total. The first-order valence-electron chi connectivity index (χ1n) is 9.24. The van der Waals surface area contributed by atoms with Gasteiger partial charge in [0.25, 0.3) is 0 Å². The van der Waals surface area contributed by atoms with Crippen LogP contribution in [0.3, 0.4) is 0 Å². The first-order chi connectivity index (χ1) is 13.3. The van der Waals surface area contributed by atoms with E-state index in [2.05, 4.69) is 10.6 Å². The van der Waals surface area contributed by atoms with Crippen LogP contribution in [0.5, 0.6) is 0 Å². The predicted octanol–water partition coefficient (Wildman–Crippen LogP) is 3.39. The van der Waals surface area contributed by atoms with Gasteiger partial charge in [-0.05, 0) is 37.1 Å². The van der Waals surface area contributed by atoms with Gasteiger partial charge in [0, 0.05) is 12.6 Å². The Hall–Kier alpha value is -3.15. The number of carbonyl (C=O) groups is 3. The van der Waals surface area contributed by atoms with E-state index in [1.165, 1.54) is 6.92 Å². The summed E-state index contributed by atoms with van der Waals surface area (Å²) in [7, 11) is 0. The van der Waals surface area contributed by atoms with Gasteiger partial charge >= 0.3 is 5.97 Å². The first kappa shape index (κ1) is 21.2. The third-order valence-corrected chi connectivity index (χ3v) is 3.91. The molecule has 6 heteroatoms. The summed E-state index contributed by atoms with van der Waals surface area (Å²) in [6, 6.07) is 16.0. The van der Waals surface area contributed by atoms with Crippen LogP contribution in [0.25, 0.3) is 0 Å². The molecule has 0 aromatic heterocycles. The van der Waals surface area contributed by atoms with Crippen LogP contribution in [0.15, 0.2) is 54.6 Å². The molecule has 0 saturated heterocycles. The van der Waals surface area contributed by atoms with Crippen LogP contribution in [0.1, 0.15) is 44.4 Å². The molecule has 0 heterocycles. The molecular weight excluding hydrogens is 356 g/mol. The number of hydrogen-bond donors (Lipinski definition) is 2. The minimum absolute atomic E-state index is 0.0649. The van der Waals surface area contributed by atoms with Crippen LogP contribution < -0.4 is 10.6 Å². The highest BCUT2D eigenvalue weighted by atomic mass is 16.5. The van der Waals surface area contributed by atoms with Crippen LogP contribution in [-0.2, 0) is 25.5 Å². The molecule has 148 valence electrons. The summed E-state index contributed by atoms with van der Waals surface area (Å²) in [5.74, 6) is -0.702. The number of ether oxygens (including phenoxy) is 1. The van der Waals surface area contributed by atoms with Gasteiger partial charge in [-0.3, -0.25) is 14.4 Å². The Morgan fingerprint density at radius 1 is 0.964 bits per heavy atom. The van der Waals surface area contributed by atoms with Crippen molar-refractivity contribution in [3.05, 3.63) is 65.7 Å². The normalized spacial score (nSPS) is 11.6. The zero-order valence-electron chi connectivity index (χ0n) is 16.4. The zero-order valence-corrected chi connectivity index (χ0v) is 16.4. The maximum absolute atomic E-state index is 12.5. The molecule has 0 spiro atoms. The van der Waals surface area contributed by atoms with E-state index in [9.17, 15) is 14.4 Å². The molecule has 0 aliphatic carbocycles. The summed E-state index contributed by atoms with van der Waals surface area (Å²) in [5.41, 5.74) is 2.33. The average Bonchev–Trinajstić information content (AvgIpc) is 2.62. The van der Waals surface area contributed by atoms with Crippen molar-refractivity contribution in [1.82, 2.24) is 5.32 Å². The number of anilines is 1. The number of esters is 1. The second-order valence-electron chi connectivity index (χ2n) is 6.83. The van der Waals surface area contributed by atoms with Gasteiger partial charge in [0.05, 0.1) is 25.0 Å². The lowest BCUT2D eigenvalue weighted by Gasteiger charge is -2.19. The smallest absolute Gasteiger partial charge is 0.308 e. The molecule has 0 bridgehead atoms. The Balaban J connectivity index is 2.03. The highest BCUT2D eigenvalue weighted by Gasteiger charge is 2.20. The number of rotatable bonds is 8. The summed E-state index contributed by atoms with van der Waals surface area (Å²) < 4.78 is 5.22. The van der Waals surface area contributed by atoms with Crippen molar-refractivity contribution in [3.63, 3.8) is 0 Å². The van der Waals surface area contributed by atoms with E-state index >= 15 is 0 Å². The van der Waals surface area contributed by atoms with Crippen molar-refractivity contribution in [1.29, 1.82) is 0 Å². The highest BCUT2D eigenvalue weighted by molar-refractivity contribution is 5.88. The van der Waals surface area contributed by atoms with Crippen LogP contribution in [-0.4, -0.2) is 23.9 Å². The number of amides is 2. The Kier molecular flexibility index (Phi) is 7.75. The maximum atomic E-state index is 12.5. The Morgan fingerprint density at radius 3 is 2.18 bits per heavy atom. The minimum Gasteiger partial charge on any atom is -0.463 e. The molecule has 1 atom stereocenters. The second kappa shape index (κ2) is 10.3. The largest absolute Gasteiger partial charge is 0.463 e. The number of benzene rings is 2. The zero-order chi connectivity index (χ0) is 20.5. The summed E-state index contributed by atoms with van der Waals surface area (Å²) in [5, 5.41) is 5.61. The number of carbonyl (C=O) groups excluding carboxylic acids is 3. The summed E-state index contributed by atoms with van der Waals surface area (Å²) in [6.45, 7) is 5.02. The Bertz CT molecular complexity index is 801. The Labute approximate surface area is 165 Å². The van der Waals surface area contributed by atoms with Gasteiger partial charge in [-0.2, -0.15) is 0 Å². The van der Waals surface area contributed by atoms with E-state index in [0.717, 1.165) is 11.1 Å². The molecule has 0 saturated carbocycles. The Morgan fingerprint density at radius 2 is 1.61 bits per heavy atom. The number of hydrogen-bond acceptors (Lipinski definition) is 4. The standard InChI is InChI=1S/C22H26N2O4/c1-15(2)28-22(27)14-20(18-7-5-4-6-8-18)24-21(26)13-17-9-11-19(12-10-17)23-16(3)25/h4-12,15,20H,13-14H2,1-3H3,(H,23,25)(H,24,26). The van der Waals surface area contributed by atoms with E-state index in [1.54, 1.807) is 38.1 Å². The monoisotopic (exact) mass is 382 g/mol. The van der Waals surface area contributed by atoms with Gasteiger partial charge in [-0.15, -0.1) is 0 Å². The van der Waals surface area contributed by atoms with Gasteiger partial charge < -0.3 is 15.4 Å². The van der Waals surface area contributed by atoms with Crippen LogP contribution >= 0.6 is 0 Å². The third kappa shape index (κ3) is 7.23. The molecule has 0 radical (unpaired) electrons. The maximum Gasteiger partial charge on any atom is 0.308 e. The third-order valence-electron chi connectivity index (χ3n) is 3.91. The molecule has 2 amide bonds. The molecule has 0 aliphatic rings. The predicted molar refractivity (Wildman–Crippen MR) is 108 cm³/mol. The van der Waals surface area contributed by atoms with Crippen molar-refractivity contribution in [2.45, 2.75) is 45.8 Å². The summed E-state index contributed by atoms with van der Waals surface area (Å²) in [6.07, 6.45) is 0.0277. The quantitative estimate of drug-likeness (QED) is 0.686. The molecule has 2 aromatic rings. The summed E-state index contributed by atoms with van der Waals surface area (Å²) in [4.78, 5) is 35.7. The lowest BCUT2D eigenvalue weighted by Crippen LogP contribution is -2.32. The number of nitrogens with one attached hydrogen (secondary N) is 2. The van der Waals surface area contributed by atoms with Crippen LogP contribution in [0.2, 0.25) is 0 Å². The van der Waals surface area contributed by atoms with Gasteiger partial charge in [-0.1, -0.05) is 42.5 Å². The van der Waals surface area contributed by atoms with Gasteiger partial charge in [0.1, 0.15) is 0 Å². The van der Waals surface area contributed by atoms with E-state index in [-0.39, 0.29) is 36.7 Å². The second-order valence-corrected chi connectivity index (χ2v) is 6.83. The molecule has 2 N–H and O–H groups in total. The van der Waals surface area contributed by atoms with E-state index in [4.69, 9.17) is 4.74 Å². The van der Waals surface area contributed by atoms with Crippen molar-refractivity contribution >= 4 is 23.5 Å². The van der Waals surface area contributed by atoms with E-state index in [0.29, 0.717) is 5.69 Å². The molecule has 0 fully saturated rings. The summed E-state index contributed by atoms with van der Waals surface area (Å²) >= 11 is 0. The molecule has 2 rings (SSSR count). The SMILES string of the molecule is CC(=O)Nc1ccc(CC(=O)NC(CC(=O)OC(C)C)c2ccccc2)cc1. The van der Waals surface area contributed by atoms with Crippen LogP contribution in [0, 0.1) is 0 Å². The van der Waals surface area contributed by atoms with E-state index in [1.807, 2.05) is 30.3 Å². The molecule has 2 aromatic carbocycles. The first-order valence-corrected chi connectivity index (χ1v) is 9.24. The fraction of sp³-hybridized carbons (Fsp3) is 0.318. The topological polar surface area (TPSA) is 84.5 Å². The van der Waals surface area contributed by atoms with Crippen LogP contribution in [0.4, 0.5) is 5.69 Å². The van der Waals surface area contributed by atoms with Crippen molar-refractivity contribution in [2.24, 2.45) is 0 Å². The lowest BCUT2D eigenvalue weighted by molar-refractivity contribution is -0.148. The highest BCUT2D eigenvalue weighted by Crippen LogP contribution is 2.18. The average molecular weight is 382 g/mol. The van der Waals surface area contributed by atoms with Crippen molar-refractivity contribution in [3.8, 4) is 0 Å². The van der Waals surface area contributed by atoms with E-state index < -0.39 is 6.04 Å². The van der Waals surface area contributed by atoms with Gasteiger partial charge in [0.2, 0.25) is 11.8 Å². The molecule has 28 heavy (non-hydrogen) atoms.